The number of thioether (sulfide) groups is 1. The molecule has 0 unspecified atom stereocenters. The molecule has 7 heteroatoms. The van der Waals surface area contributed by atoms with Crippen molar-refractivity contribution >= 4 is 29.0 Å². The van der Waals surface area contributed by atoms with Gasteiger partial charge in [0.05, 0.1) is 11.5 Å². The van der Waals surface area contributed by atoms with Crippen LogP contribution < -0.4 is 10.1 Å². The average Bonchev–Trinajstić information content (AvgIpc) is 2.91. The van der Waals surface area contributed by atoms with E-state index in [4.69, 9.17) is 4.74 Å². The first kappa shape index (κ1) is 18.0. The third-order valence-electron chi connectivity index (χ3n) is 4.28. The monoisotopic (exact) mass is 361 g/mol. The number of likely N-dealkylation sites (N-methyl/N-ethyl adjacent to an activating group) is 1. The summed E-state index contributed by atoms with van der Waals surface area (Å²) in [7, 11) is 2.16. The van der Waals surface area contributed by atoms with Crippen LogP contribution in [0.1, 0.15) is 12.0 Å². The Morgan fingerprint density at radius 1 is 1.24 bits per heavy atom. The van der Waals surface area contributed by atoms with Crippen LogP contribution in [-0.2, 0) is 4.79 Å². The fraction of sp³-hybridized carbons (Fsp3) is 0.444. The molecule has 1 aromatic carbocycles. The molecule has 0 saturated carbocycles. The number of nitrogens with zero attached hydrogens (tertiary/aromatic N) is 2. The van der Waals surface area contributed by atoms with Crippen LogP contribution in [0.3, 0.4) is 0 Å². The van der Waals surface area contributed by atoms with E-state index in [1.807, 2.05) is 24.3 Å². The summed E-state index contributed by atoms with van der Waals surface area (Å²) in [5.41, 5.74) is 0.851. The maximum Gasteiger partial charge on any atom is 0.290 e. The van der Waals surface area contributed by atoms with Gasteiger partial charge in [-0.05, 0) is 49.0 Å². The lowest BCUT2D eigenvalue weighted by Crippen LogP contribution is -2.44. The highest BCUT2D eigenvalue weighted by Gasteiger charge is 2.24. The molecule has 0 bridgehead atoms. The van der Waals surface area contributed by atoms with Gasteiger partial charge in [0.25, 0.3) is 11.1 Å². The molecule has 0 radical (unpaired) electrons. The number of nitrogens with one attached hydrogen (secondary N) is 1. The SMILES string of the molecule is CN1CCN(CCCOc2cccc(C=C3SC(=O)NC3=O)c2)CC1. The van der Waals surface area contributed by atoms with Crippen molar-refractivity contribution < 1.29 is 14.3 Å². The number of carbonyl (C=O) groups is 2. The van der Waals surface area contributed by atoms with E-state index in [0.29, 0.717) is 11.5 Å². The highest BCUT2D eigenvalue weighted by Crippen LogP contribution is 2.26. The van der Waals surface area contributed by atoms with Crippen LogP contribution in [0.4, 0.5) is 4.79 Å². The predicted molar refractivity (Wildman–Crippen MR) is 99.6 cm³/mol. The molecule has 2 amide bonds. The van der Waals surface area contributed by atoms with Gasteiger partial charge >= 0.3 is 0 Å². The quantitative estimate of drug-likeness (QED) is 0.618. The lowest BCUT2D eigenvalue weighted by atomic mass is 10.2. The van der Waals surface area contributed by atoms with Crippen LogP contribution >= 0.6 is 11.8 Å². The molecular weight excluding hydrogens is 338 g/mol. The largest absolute Gasteiger partial charge is 0.494 e. The molecule has 2 fully saturated rings. The summed E-state index contributed by atoms with van der Waals surface area (Å²) in [4.78, 5) is 28.0. The molecular formula is C18H23N3O3S. The highest BCUT2D eigenvalue weighted by atomic mass is 32.2. The van der Waals surface area contributed by atoms with Gasteiger partial charge in [-0.25, -0.2) is 0 Å². The highest BCUT2D eigenvalue weighted by molar-refractivity contribution is 8.18. The smallest absolute Gasteiger partial charge is 0.290 e. The summed E-state index contributed by atoms with van der Waals surface area (Å²) < 4.78 is 5.83. The van der Waals surface area contributed by atoms with Crippen molar-refractivity contribution in [3.63, 3.8) is 0 Å². The first-order valence-corrected chi connectivity index (χ1v) is 9.30. The first-order valence-electron chi connectivity index (χ1n) is 8.49. The Balaban J connectivity index is 1.46. The van der Waals surface area contributed by atoms with E-state index in [1.165, 1.54) is 0 Å². The third kappa shape index (κ3) is 5.32. The number of piperazine rings is 1. The molecule has 2 heterocycles. The molecule has 0 aromatic heterocycles. The molecule has 2 aliphatic heterocycles. The van der Waals surface area contributed by atoms with Gasteiger partial charge < -0.3 is 14.5 Å². The second-order valence-electron chi connectivity index (χ2n) is 6.27. The molecule has 134 valence electrons. The van der Waals surface area contributed by atoms with E-state index in [0.717, 1.165) is 62.2 Å². The van der Waals surface area contributed by atoms with Crippen molar-refractivity contribution in [3.8, 4) is 5.75 Å². The van der Waals surface area contributed by atoms with E-state index < -0.39 is 0 Å². The molecule has 2 aliphatic rings. The number of hydrogen-bond acceptors (Lipinski definition) is 6. The van der Waals surface area contributed by atoms with Gasteiger partial charge in [0.15, 0.2) is 0 Å². The van der Waals surface area contributed by atoms with Crippen LogP contribution in [0.5, 0.6) is 5.75 Å². The molecule has 25 heavy (non-hydrogen) atoms. The molecule has 0 aliphatic carbocycles. The van der Waals surface area contributed by atoms with E-state index in [9.17, 15) is 9.59 Å². The van der Waals surface area contributed by atoms with Crippen LogP contribution in [-0.4, -0.2) is 67.3 Å². The Hall–Kier alpha value is -1.83. The summed E-state index contributed by atoms with van der Waals surface area (Å²) in [5, 5.41) is 1.93. The zero-order valence-electron chi connectivity index (χ0n) is 14.4. The van der Waals surface area contributed by atoms with Crippen molar-refractivity contribution in [2.75, 3.05) is 46.4 Å². The topological polar surface area (TPSA) is 61.9 Å². The van der Waals surface area contributed by atoms with E-state index >= 15 is 0 Å². The fourth-order valence-corrected chi connectivity index (χ4v) is 3.50. The Kier molecular flexibility index (Phi) is 6.12. The lowest BCUT2D eigenvalue weighted by molar-refractivity contribution is -0.115. The number of rotatable bonds is 6. The number of hydrogen-bond donors (Lipinski definition) is 1. The van der Waals surface area contributed by atoms with Crippen LogP contribution in [0.15, 0.2) is 29.2 Å². The Bertz CT molecular complexity index is 669. The van der Waals surface area contributed by atoms with E-state index in [1.54, 1.807) is 6.08 Å². The Morgan fingerprint density at radius 3 is 2.76 bits per heavy atom. The molecule has 0 atom stereocenters. The van der Waals surface area contributed by atoms with Crippen LogP contribution in [0, 0.1) is 0 Å². The van der Waals surface area contributed by atoms with Crippen molar-refractivity contribution in [2.45, 2.75) is 6.42 Å². The number of imide groups is 1. The molecule has 2 saturated heterocycles. The van der Waals surface area contributed by atoms with Gasteiger partial charge in [-0.15, -0.1) is 0 Å². The lowest BCUT2D eigenvalue weighted by Gasteiger charge is -2.32. The minimum Gasteiger partial charge on any atom is -0.494 e. The molecule has 1 aromatic rings. The number of amides is 2. The van der Waals surface area contributed by atoms with E-state index in [2.05, 4.69) is 22.2 Å². The molecule has 0 spiro atoms. The maximum absolute atomic E-state index is 11.6. The fourth-order valence-electron chi connectivity index (χ4n) is 2.82. The predicted octanol–water partition coefficient (Wildman–Crippen LogP) is 2.03. The molecule has 3 rings (SSSR count). The molecule has 1 N–H and O–H groups in total. The van der Waals surface area contributed by atoms with Gasteiger partial charge in [-0.1, -0.05) is 12.1 Å². The average molecular weight is 361 g/mol. The van der Waals surface area contributed by atoms with Gasteiger partial charge in [-0.3, -0.25) is 14.9 Å². The zero-order chi connectivity index (χ0) is 17.6. The number of benzene rings is 1. The first-order chi connectivity index (χ1) is 12.1. The van der Waals surface area contributed by atoms with Crippen LogP contribution in [0.2, 0.25) is 0 Å². The van der Waals surface area contributed by atoms with Crippen LogP contribution in [0.25, 0.3) is 6.08 Å². The maximum atomic E-state index is 11.6. The Labute approximate surface area is 152 Å². The van der Waals surface area contributed by atoms with E-state index in [-0.39, 0.29) is 11.1 Å². The Morgan fingerprint density at radius 2 is 2.04 bits per heavy atom. The van der Waals surface area contributed by atoms with Crippen molar-refractivity contribution in [3.05, 3.63) is 34.7 Å². The number of carbonyl (C=O) groups excluding carboxylic acids is 2. The van der Waals surface area contributed by atoms with Crippen molar-refractivity contribution in [1.82, 2.24) is 15.1 Å². The van der Waals surface area contributed by atoms with Gasteiger partial charge in [0, 0.05) is 32.7 Å². The van der Waals surface area contributed by atoms with Gasteiger partial charge in [0.2, 0.25) is 0 Å². The van der Waals surface area contributed by atoms with Gasteiger partial charge in [0.1, 0.15) is 5.75 Å². The minimum absolute atomic E-state index is 0.326. The molecule has 6 nitrogen and oxygen atoms in total. The van der Waals surface area contributed by atoms with Gasteiger partial charge in [-0.2, -0.15) is 0 Å². The summed E-state index contributed by atoms with van der Waals surface area (Å²) in [6.45, 7) is 6.23. The van der Waals surface area contributed by atoms with Crippen molar-refractivity contribution in [2.24, 2.45) is 0 Å². The van der Waals surface area contributed by atoms with Crippen molar-refractivity contribution in [1.29, 1.82) is 0 Å². The summed E-state index contributed by atoms with van der Waals surface area (Å²) in [6.07, 6.45) is 2.70. The standard InChI is InChI=1S/C18H23N3O3S/c1-20-7-9-21(10-8-20)6-3-11-24-15-5-2-4-14(12-15)13-16-17(22)19-18(23)25-16/h2,4-5,12-13H,3,6-11H2,1H3,(H,19,22,23). The minimum atomic E-state index is -0.339. The third-order valence-corrected chi connectivity index (χ3v) is 5.09. The zero-order valence-corrected chi connectivity index (χ0v) is 15.2. The normalized spacial score (nSPS) is 20.9. The second-order valence-corrected chi connectivity index (χ2v) is 7.29. The number of ether oxygens (including phenoxy) is 1. The summed E-state index contributed by atoms with van der Waals surface area (Å²) >= 11 is 0.924. The second kappa shape index (κ2) is 8.51. The summed E-state index contributed by atoms with van der Waals surface area (Å²) in [6, 6.07) is 7.58. The summed E-state index contributed by atoms with van der Waals surface area (Å²) in [5.74, 6) is 0.441.